The van der Waals surface area contributed by atoms with Gasteiger partial charge in [0.15, 0.2) is 0 Å². The second kappa shape index (κ2) is 5.47. The van der Waals surface area contributed by atoms with Gasteiger partial charge in [-0.1, -0.05) is 0 Å². The molecule has 2 amide bonds. The number of carbonyl (C=O) groups is 2. The predicted octanol–water partition coefficient (Wildman–Crippen LogP) is 2.49. The van der Waals surface area contributed by atoms with Crippen LogP contribution in [0.2, 0.25) is 0 Å². The molecule has 0 aliphatic heterocycles. The smallest absolute Gasteiger partial charge is 0.273 e. The van der Waals surface area contributed by atoms with E-state index in [0.29, 0.717) is 34.2 Å². The Kier molecular flexibility index (Phi) is 3.88. The van der Waals surface area contributed by atoms with Crippen LogP contribution in [0.25, 0.3) is 0 Å². The van der Waals surface area contributed by atoms with E-state index in [1.165, 1.54) is 0 Å². The van der Waals surface area contributed by atoms with Crippen molar-refractivity contribution in [3.63, 3.8) is 0 Å². The third kappa shape index (κ3) is 2.84. The van der Waals surface area contributed by atoms with Crippen molar-refractivity contribution in [1.29, 1.82) is 0 Å². The van der Waals surface area contributed by atoms with Gasteiger partial charge in [0.05, 0.1) is 11.1 Å². The summed E-state index contributed by atoms with van der Waals surface area (Å²) in [7, 11) is 0. The Morgan fingerprint density at radius 2 is 1.48 bits per heavy atom. The van der Waals surface area contributed by atoms with E-state index >= 15 is 0 Å². The quantitative estimate of drug-likeness (QED) is 0.832. The summed E-state index contributed by atoms with van der Waals surface area (Å²) < 4.78 is 10.7. The van der Waals surface area contributed by atoms with Crippen molar-refractivity contribution in [1.82, 2.24) is 10.9 Å². The molecule has 2 heterocycles. The summed E-state index contributed by atoms with van der Waals surface area (Å²) in [6, 6.07) is 1.62. The van der Waals surface area contributed by atoms with Crippen LogP contribution >= 0.6 is 0 Å². The molecule has 2 aromatic rings. The SMILES string of the molecule is Cc1cc(C(=O)NNC(=O)c2c(C)oc(C)c2C)c(C)o1. The number of amides is 2. The molecule has 0 unspecified atom stereocenters. The second-order valence-corrected chi connectivity index (χ2v) is 4.95. The van der Waals surface area contributed by atoms with Crippen molar-refractivity contribution in [3.05, 3.63) is 45.8 Å². The lowest BCUT2D eigenvalue weighted by atomic mass is 10.1. The van der Waals surface area contributed by atoms with Crippen LogP contribution in [0, 0.1) is 34.6 Å². The number of hydrazine groups is 1. The van der Waals surface area contributed by atoms with Crippen LogP contribution in [-0.2, 0) is 0 Å². The first kappa shape index (κ1) is 14.9. The molecule has 112 valence electrons. The Labute approximate surface area is 122 Å². The maximum Gasteiger partial charge on any atom is 0.273 e. The van der Waals surface area contributed by atoms with Crippen LogP contribution in [0.4, 0.5) is 0 Å². The molecule has 6 heteroatoms. The molecule has 2 aromatic heterocycles. The van der Waals surface area contributed by atoms with Gasteiger partial charge in [0, 0.05) is 5.56 Å². The highest BCUT2D eigenvalue weighted by atomic mass is 16.3. The minimum absolute atomic E-state index is 0.393. The number of furan rings is 2. The molecule has 0 aliphatic carbocycles. The van der Waals surface area contributed by atoms with Crippen LogP contribution in [0.15, 0.2) is 14.9 Å². The molecule has 0 saturated heterocycles. The third-order valence-electron chi connectivity index (χ3n) is 3.36. The molecule has 0 atom stereocenters. The Balaban J connectivity index is 2.08. The molecule has 0 saturated carbocycles. The van der Waals surface area contributed by atoms with Crippen molar-refractivity contribution in [2.24, 2.45) is 0 Å². The molecular formula is C15H18N2O4. The molecule has 0 spiro atoms. The average molecular weight is 290 g/mol. The van der Waals surface area contributed by atoms with Crippen molar-refractivity contribution in [2.45, 2.75) is 34.6 Å². The summed E-state index contributed by atoms with van der Waals surface area (Å²) >= 11 is 0. The summed E-state index contributed by atoms with van der Waals surface area (Å²) in [6.07, 6.45) is 0. The number of hydrogen-bond donors (Lipinski definition) is 2. The van der Waals surface area contributed by atoms with Crippen molar-refractivity contribution < 1.29 is 18.4 Å². The normalized spacial score (nSPS) is 10.5. The maximum atomic E-state index is 12.1. The number of aryl methyl sites for hydroxylation is 4. The first-order valence-corrected chi connectivity index (χ1v) is 6.55. The standard InChI is InChI=1S/C15H18N2O4/c1-7-6-12(10(4)20-7)14(18)16-17-15(19)13-8(2)9(3)21-11(13)5/h6H,1-5H3,(H,16,18)(H,17,19). The van der Waals surface area contributed by atoms with Gasteiger partial charge in [-0.15, -0.1) is 0 Å². The van der Waals surface area contributed by atoms with Gasteiger partial charge < -0.3 is 8.83 Å². The molecule has 0 aromatic carbocycles. The summed E-state index contributed by atoms with van der Waals surface area (Å²) in [4.78, 5) is 24.1. The number of nitrogens with one attached hydrogen (secondary N) is 2. The Morgan fingerprint density at radius 3 is 1.95 bits per heavy atom. The fourth-order valence-corrected chi connectivity index (χ4v) is 2.23. The van der Waals surface area contributed by atoms with E-state index in [4.69, 9.17) is 8.83 Å². The molecule has 0 aliphatic rings. The zero-order valence-electron chi connectivity index (χ0n) is 12.7. The van der Waals surface area contributed by atoms with E-state index in [1.54, 1.807) is 40.7 Å². The van der Waals surface area contributed by atoms with E-state index in [9.17, 15) is 9.59 Å². The second-order valence-electron chi connectivity index (χ2n) is 4.95. The van der Waals surface area contributed by atoms with E-state index in [-0.39, 0.29) is 0 Å². The highest BCUT2D eigenvalue weighted by molar-refractivity contribution is 6.00. The molecule has 0 bridgehead atoms. The minimum Gasteiger partial charge on any atom is -0.466 e. The minimum atomic E-state index is -0.423. The van der Waals surface area contributed by atoms with Gasteiger partial charge in [0.25, 0.3) is 11.8 Å². The molecule has 0 fully saturated rings. The zero-order chi connectivity index (χ0) is 15.7. The fraction of sp³-hybridized carbons (Fsp3) is 0.333. The fourth-order valence-electron chi connectivity index (χ4n) is 2.23. The van der Waals surface area contributed by atoms with Crippen molar-refractivity contribution >= 4 is 11.8 Å². The van der Waals surface area contributed by atoms with Gasteiger partial charge >= 0.3 is 0 Å². The van der Waals surface area contributed by atoms with Crippen LogP contribution in [0.3, 0.4) is 0 Å². The lowest BCUT2D eigenvalue weighted by Crippen LogP contribution is -2.42. The molecule has 2 rings (SSSR count). The lowest BCUT2D eigenvalue weighted by molar-refractivity contribution is 0.0844. The molecule has 6 nitrogen and oxygen atoms in total. The van der Waals surface area contributed by atoms with Crippen molar-refractivity contribution in [2.75, 3.05) is 0 Å². The van der Waals surface area contributed by atoms with Crippen molar-refractivity contribution in [3.8, 4) is 0 Å². The van der Waals surface area contributed by atoms with Gasteiger partial charge in [-0.3, -0.25) is 20.4 Å². The maximum absolute atomic E-state index is 12.1. The van der Waals surface area contributed by atoms with E-state index in [0.717, 1.165) is 5.56 Å². The summed E-state index contributed by atoms with van der Waals surface area (Å²) in [5.74, 6) is 1.52. The van der Waals surface area contributed by atoms with E-state index in [2.05, 4.69) is 10.9 Å². The van der Waals surface area contributed by atoms with E-state index < -0.39 is 11.8 Å². The number of hydrogen-bond acceptors (Lipinski definition) is 4. The molecule has 2 N–H and O–H groups in total. The van der Waals surface area contributed by atoms with Gasteiger partial charge in [-0.2, -0.15) is 0 Å². The summed E-state index contributed by atoms with van der Waals surface area (Å²) in [5.41, 5.74) is 6.35. The largest absolute Gasteiger partial charge is 0.466 e. The van der Waals surface area contributed by atoms with Gasteiger partial charge in [0.2, 0.25) is 0 Å². The first-order chi connectivity index (χ1) is 9.81. The Hall–Kier alpha value is -2.50. The summed E-state index contributed by atoms with van der Waals surface area (Å²) in [5, 5.41) is 0. The number of carbonyl (C=O) groups excluding carboxylic acids is 2. The molecular weight excluding hydrogens is 272 g/mol. The lowest BCUT2D eigenvalue weighted by Gasteiger charge is -2.06. The molecule has 0 radical (unpaired) electrons. The topological polar surface area (TPSA) is 84.5 Å². The van der Waals surface area contributed by atoms with Gasteiger partial charge in [-0.05, 0) is 40.7 Å². The average Bonchev–Trinajstić information content (AvgIpc) is 2.86. The number of rotatable bonds is 2. The highest BCUT2D eigenvalue weighted by Crippen LogP contribution is 2.20. The van der Waals surface area contributed by atoms with Crippen LogP contribution in [0.1, 0.15) is 49.3 Å². The third-order valence-corrected chi connectivity index (χ3v) is 3.36. The summed E-state index contributed by atoms with van der Waals surface area (Å²) in [6.45, 7) is 8.74. The predicted molar refractivity (Wildman–Crippen MR) is 76.0 cm³/mol. The van der Waals surface area contributed by atoms with Crippen LogP contribution in [-0.4, -0.2) is 11.8 Å². The zero-order valence-corrected chi connectivity index (χ0v) is 12.7. The van der Waals surface area contributed by atoms with Crippen LogP contribution in [0.5, 0.6) is 0 Å². The Bertz CT molecular complexity index is 710. The molecule has 21 heavy (non-hydrogen) atoms. The van der Waals surface area contributed by atoms with Gasteiger partial charge in [-0.25, -0.2) is 0 Å². The monoisotopic (exact) mass is 290 g/mol. The van der Waals surface area contributed by atoms with Crippen LogP contribution < -0.4 is 10.9 Å². The first-order valence-electron chi connectivity index (χ1n) is 6.55. The van der Waals surface area contributed by atoms with Gasteiger partial charge in [0.1, 0.15) is 23.0 Å². The highest BCUT2D eigenvalue weighted by Gasteiger charge is 2.20. The van der Waals surface area contributed by atoms with E-state index in [1.807, 2.05) is 0 Å². The Morgan fingerprint density at radius 1 is 0.857 bits per heavy atom.